The van der Waals surface area contributed by atoms with Gasteiger partial charge in [0.1, 0.15) is 12.2 Å². The summed E-state index contributed by atoms with van der Waals surface area (Å²) in [6.07, 6.45) is 2.67. The fourth-order valence-corrected chi connectivity index (χ4v) is 2.49. The van der Waals surface area contributed by atoms with Crippen LogP contribution < -0.4 is 10.6 Å². The zero-order chi connectivity index (χ0) is 17.2. The van der Waals surface area contributed by atoms with E-state index in [0.29, 0.717) is 5.92 Å². The third-order valence-electron chi connectivity index (χ3n) is 3.89. The minimum absolute atomic E-state index is 0.395. The predicted octanol–water partition coefficient (Wildman–Crippen LogP) is 2.20. The van der Waals surface area contributed by atoms with Gasteiger partial charge < -0.3 is 15.2 Å². The molecule has 1 unspecified atom stereocenters. The van der Waals surface area contributed by atoms with E-state index in [9.17, 15) is 0 Å². The predicted molar refractivity (Wildman–Crippen MR) is 98.2 cm³/mol. The van der Waals surface area contributed by atoms with Crippen LogP contribution in [0.15, 0.2) is 41.7 Å². The molecule has 0 spiro atoms. The minimum Gasteiger partial charge on any atom is -0.357 e. The van der Waals surface area contributed by atoms with Gasteiger partial charge in [-0.2, -0.15) is 0 Å². The van der Waals surface area contributed by atoms with Gasteiger partial charge in [-0.25, -0.2) is 0 Å². The maximum absolute atomic E-state index is 4.71. The molecule has 2 N–H and O–H groups in total. The van der Waals surface area contributed by atoms with Crippen LogP contribution in [0, 0.1) is 0 Å². The van der Waals surface area contributed by atoms with Crippen molar-refractivity contribution in [1.82, 2.24) is 25.4 Å². The van der Waals surface area contributed by atoms with Crippen molar-refractivity contribution in [3.63, 3.8) is 0 Å². The van der Waals surface area contributed by atoms with Crippen molar-refractivity contribution in [1.29, 1.82) is 0 Å². The Balaban J connectivity index is 1.86. The van der Waals surface area contributed by atoms with Gasteiger partial charge in [0.15, 0.2) is 5.96 Å². The van der Waals surface area contributed by atoms with Gasteiger partial charge in [-0.1, -0.05) is 44.2 Å². The molecule has 0 fully saturated rings. The average molecular weight is 328 g/mol. The van der Waals surface area contributed by atoms with Gasteiger partial charge in [0.2, 0.25) is 0 Å². The Kier molecular flexibility index (Phi) is 7.26. The molecule has 130 valence electrons. The van der Waals surface area contributed by atoms with Crippen LogP contribution in [-0.4, -0.2) is 40.4 Å². The fourth-order valence-electron chi connectivity index (χ4n) is 2.49. The summed E-state index contributed by atoms with van der Waals surface area (Å²) in [7, 11) is 0. The first kappa shape index (κ1) is 18.0. The molecule has 2 rings (SSSR count). The molecule has 1 heterocycles. The largest absolute Gasteiger partial charge is 0.357 e. The molecule has 6 heteroatoms. The number of nitrogens with one attached hydrogen (secondary N) is 2. The van der Waals surface area contributed by atoms with E-state index in [1.54, 1.807) is 6.33 Å². The monoisotopic (exact) mass is 328 g/mol. The number of benzene rings is 1. The smallest absolute Gasteiger partial charge is 0.191 e. The Bertz CT molecular complexity index is 619. The first-order chi connectivity index (χ1) is 11.7. The SMILES string of the molecule is CCNC(=NCC(C)c1ccccc1)NCCn1cnnc1CC. The van der Waals surface area contributed by atoms with E-state index in [1.807, 2.05) is 6.07 Å². The summed E-state index contributed by atoms with van der Waals surface area (Å²) in [5.41, 5.74) is 1.31. The third kappa shape index (κ3) is 5.37. The maximum atomic E-state index is 4.71. The van der Waals surface area contributed by atoms with Gasteiger partial charge in [-0.05, 0) is 12.5 Å². The lowest BCUT2D eigenvalue weighted by Crippen LogP contribution is -2.39. The minimum atomic E-state index is 0.395. The number of hydrogen-bond acceptors (Lipinski definition) is 3. The van der Waals surface area contributed by atoms with Crippen LogP contribution in [0.3, 0.4) is 0 Å². The summed E-state index contributed by atoms with van der Waals surface area (Å²) in [4.78, 5) is 4.71. The normalized spacial score (nSPS) is 12.9. The highest BCUT2D eigenvalue weighted by molar-refractivity contribution is 5.79. The lowest BCUT2D eigenvalue weighted by atomic mass is 10.0. The highest BCUT2D eigenvalue weighted by Gasteiger charge is 2.05. The fraction of sp³-hybridized carbons (Fsp3) is 0.500. The average Bonchev–Trinajstić information content (AvgIpc) is 3.07. The molecular formula is C18H28N6. The second-order valence-electron chi connectivity index (χ2n) is 5.75. The molecule has 0 saturated heterocycles. The number of aryl methyl sites for hydroxylation is 1. The summed E-state index contributed by atoms with van der Waals surface area (Å²) in [6.45, 7) is 9.58. The van der Waals surface area contributed by atoms with E-state index in [1.165, 1.54) is 5.56 Å². The van der Waals surface area contributed by atoms with Crippen molar-refractivity contribution < 1.29 is 0 Å². The Morgan fingerprint density at radius 2 is 2.00 bits per heavy atom. The van der Waals surface area contributed by atoms with E-state index in [-0.39, 0.29) is 0 Å². The first-order valence-electron chi connectivity index (χ1n) is 8.68. The van der Waals surface area contributed by atoms with Crippen LogP contribution in [0.5, 0.6) is 0 Å². The lowest BCUT2D eigenvalue weighted by Gasteiger charge is -2.14. The van der Waals surface area contributed by atoms with E-state index >= 15 is 0 Å². The summed E-state index contributed by atoms with van der Waals surface area (Å²) in [5, 5.41) is 14.7. The van der Waals surface area contributed by atoms with Crippen LogP contribution in [0.1, 0.15) is 38.1 Å². The Hall–Kier alpha value is -2.37. The molecule has 0 aliphatic carbocycles. The molecule has 0 bridgehead atoms. The molecule has 0 saturated carbocycles. The Morgan fingerprint density at radius 3 is 2.71 bits per heavy atom. The zero-order valence-electron chi connectivity index (χ0n) is 14.9. The highest BCUT2D eigenvalue weighted by atomic mass is 15.3. The molecule has 24 heavy (non-hydrogen) atoms. The molecule has 0 aliphatic heterocycles. The third-order valence-corrected chi connectivity index (χ3v) is 3.89. The Morgan fingerprint density at radius 1 is 1.21 bits per heavy atom. The Labute approximate surface area is 144 Å². The van der Waals surface area contributed by atoms with Crippen molar-refractivity contribution in [2.45, 2.75) is 39.7 Å². The molecular weight excluding hydrogens is 300 g/mol. The molecule has 1 aromatic heterocycles. The van der Waals surface area contributed by atoms with Crippen molar-refractivity contribution in [2.24, 2.45) is 4.99 Å². The van der Waals surface area contributed by atoms with Crippen molar-refractivity contribution in [3.8, 4) is 0 Å². The molecule has 6 nitrogen and oxygen atoms in total. The van der Waals surface area contributed by atoms with Crippen LogP contribution in [0.4, 0.5) is 0 Å². The molecule has 0 aliphatic rings. The zero-order valence-corrected chi connectivity index (χ0v) is 14.9. The molecule has 2 aromatic rings. The van der Waals surface area contributed by atoms with Crippen molar-refractivity contribution in [2.75, 3.05) is 19.6 Å². The lowest BCUT2D eigenvalue weighted by molar-refractivity contribution is 0.631. The van der Waals surface area contributed by atoms with Crippen LogP contribution >= 0.6 is 0 Å². The highest BCUT2D eigenvalue weighted by Crippen LogP contribution is 2.14. The number of aromatic nitrogens is 3. The van der Waals surface area contributed by atoms with Crippen molar-refractivity contribution >= 4 is 5.96 Å². The summed E-state index contributed by atoms with van der Waals surface area (Å²) in [5.74, 6) is 2.26. The molecule has 1 atom stereocenters. The van der Waals surface area contributed by atoms with Gasteiger partial charge in [0.05, 0.1) is 0 Å². The van der Waals surface area contributed by atoms with E-state index in [4.69, 9.17) is 4.99 Å². The first-order valence-corrected chi connectivity index (χ1v) is 8.68. The van der Waals surface area contributed by atoms with Gasteiger partial charge in [-0.15, -0.1) is 10.2 Å². The second-order valence-corrected chi connectivity index (χ2v) is 5.75. The van der Waals surface area contributed by atoms with Crippen molar-refractivity contribution in [3.05, 3.63) is 48.0 Å². The summed E-state index contributed by atoms with van der Waals surface area (Å²) < 4.78 is 2.07. The van der Waals surface area contributed by atoms with Gasteiger partial charge in [0.25, 0.3) is 0 Å². The summed E-state index contributed by atoms with van der Waals surface area (Å²) >= 11 is 0. The van der Waals surface area contributed by atoms with Gasteiger partial charge in [0, 0.05) is 38.5 Å². The maximum Gasteiger partial charge on any atom is 0.191 e. The number of aliphatic imine (C=N–C) groups is 1. The van der Waals surface area contributed by atoms with Crippen LogP contribution in [0.2, 0.25) is 0 Å². The van der Waals surface area contributed by atoms with E-state index in [0.717, 1.165) is 44.4 Å². The molecule has 0 amide bonds. The second kappa shape index (κ2) is 9.70. The number of rotatable bonds is 8. The molecule has 0 radical (unpaired) electrons. The van der Waals surface area contributed by atoms with Gasteiger partial charge in [-0.3, -0.25) is 4.99 Å². The molecule has 1 aromatic carbocycles. The van der Waals surface area contributed by atoms with Crippen LogP contribution in [-0.2, 0) is 13.0 Å². The van der Waals surface area contributed by atoms with E-state index in [2.05, 4.69) is 70.4 Å². The standard InChI is InChI=1S/C18H28N6/c1-4-17-23-22-14-24(17)12-11-20-18(19-5-2)21-13-15(3)16-9-7-6-8-10-16/h6-10,14-15H,4-5,11-13H2,1-3H3,(H2,19,20,21). The quantitative estimate of drug-likeness (QED) is 0.576. The van der Waals surface area contributed by atoms with Gasteiger partial charge >= 0.3 is 0 Å². The number of nitrogens with zero attached hydrogens (tertiary/aromatic N) is 4. The number of guanidine groups is 1. The number of hydrogen-bond donors (Lipinski definition) is 2. The van der Waals surface area contributed by atoms with Crippen LogP contribution in [0.25, 0.3) is 0 Å². The summed E-state index contributed by atoms with van der Waals surface area (Å²) in [6, 6.07) is 10.5. The topological polar surface area (TPSA) is 67.1 Å². The van der Waals surface area contributed by atoms with E-state index < -0.39 is 0 Å².